The average molecular weight is 258 g/mol. The van der Waals surface area contributed by atoms with Crippen LogP contribution in [0.15, 0.2) is 0 Å². The molecule has 5 nitrogen and oxygen atoms in total. The summed E-state index contributed by atoms with van der Waals surface area (Å²) in [4.78, 5) is 13.6. The molecule has 2 N–H and O–H groups in total. The van der Waals surface area contributed by atoms with Crippen LogP contribution < -0.4 is 5.32 Å². The third kappa shape index (κ3) is 4.23. The van der Waals surface area contributed by atoms with E-state index in [4.69, 9.17) is 4.74 Å². The summed E-state index contributed by atoms with van der Waals surface area (Å²) < 4.78 is 5.65. The van der Waals surface area contributed by atoms with Crippen molar-refractivity contribution in [2.24, 2.45) is 0 Å². The fourth-order valence-electron chi connectivity index (χ4n) is 2.35. The van der Waals surface area contributed by atoms with Gasteiger partial charge in [0, 0.05) is 19.6 Å². The zero-order valence-corrected chi connectivity index (χ0v) is 12.0. The van der Waals surface area contributed by atoms with Gasteiger partial charge in [-0.05, 0) is 33.7 Å². The molecule has 0 saturated carbocycles. The van der Waals surface area contributed by atoms with Gasteiger partial charge < -0.3 is 15.2 Å². The standard InChI is InChI=1S/C13H26N2O3/c1-5-14-13(4,11(16)17)6-7-15-8-9-18-12(2,3)10-15/h14H,5-10H2,1-4H3,(H,16,17). The number of ether oxygens (including phenoxy) is 1. The molecule has 0 aromatic heterocycles. The molecular weight excluding hydrogens is 232 g/mol. The SMILES string of the molecule is CCNC(C)(CCN1CCOC(C)(C)C1)C(=O)O. The van der Waals surface area contributed by atoms with E-state index in [1.807, 2.05) is 6.92 Å². The number of hydrogen-bond acceptors (Lipinski definition) is 4. The maximum Gasteiger partial charge on any atom is 0.323 e. The number of nitrogens with one attached hydrogen (secondary N) is 1. The first kappa shape index (κ1) is 15.4. The lowest BCUT2D eigenvalue weighted by Crippen LogP contribution is -2.54. The van der Waals surface area contributed by atoms with Crippen LogP contribution in [0.5, 0.6) is 0 Å². The van der Waals surface area contributed by atoms with Crippen molar-refractivity contribution in [3.05, 3.63) is 0 Å². The Morgan fingerprint density at radius 2 is 2.22 bits per heavy atom. The smallest absolute Gasteiger partial charge is 0.323 e. The van der Waals surface area contributed by atoms with Crippen molar-refractivity contribution in [1.82, 2.24) is 10.2 Å². The Morgan fingerprint density at radius 3 is 2.72 bits per heavy atom. The molecule has 1 heterocycles. The summed E-state index contributed by atoms with van der Waals surface area (Å²) in [6.45, 7) is 11.7. The van der Waals surface area contributed by atoms with Crippen LogP contribution in [0.3, 0.4) is 0 Å². The Balaban J connectivity index is 2.50. The predicted octanol–water partition coefficient (Wildman–Crippen LogP) is 0.940. The molecule has 0 spiro atoms. The van der Waals surface area contributed by atoms with Gasteiger partial charge in [-0.1, -0.05) is 6.92 Å². The highest BCUT2D eigenvalue weighted by atomic mass is 16.5. The molecule has 1 saturated heterocycles. The van der Waals surface area contributed by atoms with E-state index >= 15 is 0 Å². The molecule has 5 heteroatoms. The number of likely N-dealkylation sites (N-methyl/N-ethyl adjacent to an activating group) is 1. The van der Waals surface area contributed by atoms with Crippen LogP contribution >= 0.6 is 0 Å². The van der Waals surface area contributed by atoms with Gasteiger partial charge in [-0.2, -0.15) is 0 Å². The molecule has 1 atom stereocenters. The monoisotopic (exact) mass is 258 g/mol. The van der Waals surface area contributed by atoms with Crippen molar-refractivity contribution < 1.29 is 14.6 Å². The molecule has 1 aliphatic rings. The van der Waals surface area contributed by atoms with Crippen LogP contribution in [0, 0.1) is 0 Å². The first-order valence-corrected chi connectivity index (χ1v) is 6.64. The average Bonchev–Trinajstić information content (AvgIpc) is 2.25. The summed E-state index contributed by atoms with van der Waals surface area (Å²) in [5.41, 5.74) is -0.965. The highest BCUT2D eigenvalue weighted by Crippen LogP contribution is 2.18. The molecule has 0 aromatic carbocycles. The molecule has 18 heavy (non-hydrogen) atoms. The van der Waals surface area contributed by atoms with Gasteiger partial charge in [0.2, 0.25) is 0 Å². The Bertz CT molecular complexity index is 294. The molecule has 0 bridgehead atoms. The maximum absolute atomic E-state index is 11.3. The van der Waals surface area contributed by atoms with E-state index in [9.17, 15) is 9.90 Å². The zero-order chi connectivity index (χ0) is 13.8. The van der Waals surface area contributed by atoms with Crippen LogP contribution in [-0.4, -0.2) is 59.9 Å². The van der Waals surface area contributed by atoms with E-state index in [0.717, 1.165) is 26.2 Å². The summed E-state index contributed by atoms with van der Waals surface area (Å²) in [5.74, 6) is -0.781. The predicted molar refractivity (Wildman–Crippen MR) is 70.8 cm³/mol. The second-order valence-corrected chi connectivity index (χ2v) is 5.80. The van der Waals surface area contributed by atoms with Crippen LogP contribution in [0.2, 0.25) is 0 Å². The Hall–Kier alpha value is -0.650. The number of hydrogen-bond donors (Lipinski definition) is 2. The Labute approximate surface area is 109 Å². The van der Waals surface area contributed by atoms with Crippen LogP contribution in [0.25, 0.3) is 0 Å². The largest absolute Gasteiger partial charge is 0.480 e. The van der Waals surface area contributed by atoms with Crippen molar-refractivity contribution in [2.75, 3.05) is 32.8 Å². The molecule has 0 aliphatic carbocycles. The highest BCUT2D eigenvalue weighted by molar-refractivity contribution is 5.78. The van der Waals surface area contributed by atoms with Gasteiger partial charge in [0.1, 0.15) is 5.54 Å². The Morgan fingerprint density at radius 1 is 1.56 bits per heavy atom. The van der Waals surface area contributed by atoms with Gasteiger partial charge >= 0.3 is 5.97 Å². The van der Waals surface area contributed by atoms with Crippen molar-refractivity contribution in [1.29, 1.82) is 0 Å². The first-order chi connectivity index (χ1) is 8.29. The van der Waals surface area contributed by atoms with Gasteiger partial charge in [-0.15, -0.1) is 0 Å². The summed E-state index contributed by atoms with van der Waals surface area (Å²) in [6, 6.07) is 0. The number of morpholine rings is 1. The molecule has 106 valence electrons. The van der Waals surface area contributed by atoms with Crippen molar-refractivity contribution in [3.8, 4) is 0 Å². The minimum absolute atomic E-state index is 0.129. The molecule has 1 rings (SSSR count). The quantitative estimate of drug-likeness (QED) is 0.742. The molecule has 1 aliphatic heterocycles. The summed E-state index contributed by atoms with van der Waals surface area (Å²) in [6.07, 6.45) is 0.603. The van der Waals surface area contributed by atoms with E-state index in [0.29, 0.717) is 13.0 Å². The number of rotatable bonds is 6. The first-order valence-electron chi connectivity index (χ1n) is 6.64. The lowest BCUT2D eigenvalue weighted by molar-refractivity contribution is -0.145. The molecule has 1 unspecified atom stereocenters. The van der Waals surface area contributed by atoms with Crippen LogP contribution in [0.4, 0.5) is 0 Å². The number of carboxylic acid groups (broad SMARTS) is 1. The fourth-order valence-corrected chi connectivity index (χ4v) is 2.35. The molecule has 1 fully saturated rings. The number of aliphatic carboxylic acids is 1. The summed E-state index contributed by atoms with van der Waals surface area (Å²) in [7, 11) is 0. The lowest BCUT2D eigenvalue weighted by Gasteiger charge is -2.39. The topological polar surface area (TPSA) is 61.8 Å². The molecule has 0 amide bonds. The van der Waals surface area contributed by atoms with E-state index in [-0.39, 0.29) is 5.60 Å². The zero-order valence-electron chi connectivity index (χ0n) is 12.0. The number of carboxylic acids is 1. The fraction of sp³-hybridized carbons (Fsp3) is 0.923. The van der Waals surface area contributed by atoms with Gasteiger partial charge in [0.25, 0.3) is 0 Å². The number of nitrogens with zero attached hydrogens (tertiary/aromatic N) is 1. The lowest BCUT2D eigenvalue weighted by atomic mass is 9.97. The molecular formula is C13H26N2O3. The van der Waals surface area contributed by atoms with E-state index < -0.39 is 11.5 Å². The Kier molecular flexibility index (Phi) is 5.13. The van der Waals surface area contributed by atoms with E-state index in [1.54, 1.807) is 6.92 Å². The molecule has 0 radical (unpaired) electrons. The van der Waals surface area contributed by atoms with E-state index in [2.05, 4.69) is 24.1 Å². The molecule has 0 aromatic rings. The second kappa shape index (κ2) is 5.99. The maximum atomic E-state index is 11.3. The summed E-state index contributed by atoms with van der Waals surface area (Å²) in [5, 5.41) is 12.4. The third-order valence-electron chi connectivity index (χ3n) is 3.47. The normalized spacial score (nSPS) is 23.6. The van der Waals surface area contributed by atoms with Gasteiger partial charge in [-0.25, -0.2) is 0 Å². The van der Waals surface area contributed by atoms with Crippen molar-refractivity contribution in [2.45, 2.75) is 45.3 Å². The van der Waals surface area contributed by atoms with Crippen molar-refractivity contribution >= 4 is 5.97 Å². The minimum atomic E-state index is -0.836. The second-order valence-electron chi connectivity index (χ2n) is 5.80. The van der Waals surface area contributed by atoms with Crippen molar-refractivity contribution in [3.63, 3.8) is 0 Å². The minimum Gasteiger partial charge on any atom is -0.480 e. The van der Waals surface area contributed by atoms with Gasteiger partial charge in [0.05, 0.1) is 12.2 Å². The van der Waals surface area contributed by atoms with E-state index in [1.165, 1.54) is 0 Å². The van der Waals surface area contributed by atoms with Crippen LogP contribution in [0.1, 0.15) is 34.1 Å². The summed E-state index contributed by atoms with van der Waals surface area (Å²) >= 11 is 0. The van der Waals surface area contributed by atoms with Gasteiger partial charge in [-0.3, -0.25) is 9.69 Å². The van der Waals surface area contributed by atoms with Gasteiger partial charge in [0.15, 0.2) is 0 Å². The number of carbonyl (C=O) groups is 1. The van der Waals surface area contributed by atoms with Crippen LogP contribution in [-0.2, 0) is 9.53 Å². The third-order valence-corrected chi connectivity index (χ3v) is 3.47. The highest BCUT2D eigenvalue weighted by Gasteiger charge is 2.34.